The molecule has 2 aromatic carbocycles. The number of rotatable bonds is 11. The van der Waals surface area contributed by atoms with Crippen molar-refractivity contribution in [3.63, 3.8) is 0 Å². The van der Waals surface area contributed by atoms with E-state index >= 15 is 0 Å². The highest BCUT2D eigenvalue weighted by Gasteiger charge is 2.17. The lowest BCUT2D eigenvalue weighted by Crippen LogP contribution is -2.32. The first-order chi connectivity index (χ1) is 15.6. The van der Waals surface area contributed by atoms with Crippen molar-refractivity contribution < 1.29 is 9.72 Å². The van der Waals surface area contributed by atoms with E-state index in [1.807, 2.05) is 32.0 Å². The predicted octanol–water partition coefficient (Wildman–Crippen LogP) is 4.89. The van der Waals surface area contributed by atoms with Gasteiger partial charge in [0.05, 0.1) is 17.7 Å². The minimum Gasteiger partial charge on any atom is -0.376 e. The van der Waals surface area contributed by atoms with Crippen molar-refractivity contribution >= 4 is 29.2 Å². The van der Waals surface area contributed by atoms with Gasteiger partial charge >= 0.3 is 0 Å². The molecule has 178 valence electrons. The van der Waals surface area contributed by atoms with Gasteiger partial charge in [-0.25, -0.2) is 5.43 Å². The van der Waals surface area contributed by atoms with Crippen molar-refractivity contribution in [1.82, 2.24) is 5.43 Å². The third-order valence-corrected chi connectivity index (χ3v) is 5.09. The van der Waals surface area contributed by atoms with Crippen molar-refractivity contribution in [2.24, 2.45) is 16.9 Å². The predicted molar refractivity (Wildman–Crippen MR) is 135 cm³/mol. The normalized spacial score (nSPS) is 11.3. The largest absolute Gasteiger partial charge is 0.376 e. The number of hydrogen-bond acceptors (Lipinski definition) is 6. The number of nitrogens with one attached hydrogen (secondary N) is 2. The zero-order valence-electron chi connectivity index (χ0n) is 20.4. The number of carbonyl (C=O) groups excluding carboxylic acids is 1. The summed E-state index contributed by atoms with van der Waals surface area (Å²) in [6.45, 7) is 14.3. The molecule has 0 aliphatic heterocycles. The van der Waals surface area contributed by atoms with Gasteiger partial charge in [0.25, 0.3) is 11.6 Å². The van der Waals surface area contributed by atoms with Crippen LogP contribution in [0.3, 0.4) is 0 Å². The molecule has 0 heterocycles. The van der Waals surface area contributed by atoms with E-state index in [9.17, 15) is 14.9 Å². The lowest BCUT2D eigenvalue weighted by molar-refractivity contribution is -0.384. The van der Waals surface area contributed by atoms with Crippen molar-refractivity contribution in [3.8, 4) is 0 Å². The second-order valence-electron chi connectivity index (χ2n) is 9.14. The molecule has 0 aromatic heterocycles. The summed E-state index contributed by atoms with van der Waals surface area (Å²) in [4.78, 5) is 25.3. The fourth-order valence-electron chi connectivity index (χ4n) is 3.45. The van der Waals surface area contributed by atoms with Crippen LogP contribution in [0.5, 0.6) is 0 Å². The van der Waals surface area contributed by atoms with Gasteiger partial charge < -0.3 is 10.2 Å². The molecule has 2 N–H and O–H groups in total. The first kappa shape index (κ1) is 25.8. The molecule has 2 aromatic rings. The van der Waals surface area contributed by atoms with Gasteiger partial charge in [-0.3, -0.25) is 14.9 Å². The summed E-state index contributed by atoms with van der Waals surface area (Å²) in [7, 11) is 0. The second-order valence-corrected chi connectivity index (χ2v) is 9.14. The maximum Gasteiger partial charge on any atom is 0.270 e. The van der Waals surface area contributed by atoms with Gasteiger partial charge in [-0.2, -0.15) is 5.10 Å². The molecule has 0 saturated heterocycles. The highest BCUT2D eigenvalue weighted by atomic mass is 16.6. The van der Waals surface area contributed by atoms with E-state index in [-0.39, 0.29) is 18.1 Å². The molecule has 8 nitrogen and oxygen atoms in total. The molecule has 0 fully saturated rings. The fraction of sp³-hybridized carbons (Fsp3) is 0.440. The fourth-order valence-corrected chi connectivity index (χ4v) is 3.45. The van der Waals surface area contributed by atoms with Gasteiger partial charge in [-0.05, 0) is 55.0 Å². The minimum absolute atomic E-state index is 0.0167. The molecule has 0 aliphatic rings. The zero-order chi connectivity index (χ0) is 24.5. The van der Waals surface area contributed by atoms with Crippen LogP contribution >= 0.6 is 0 Å². The first-order valence-electron chi connectivity index (χ1n) is 11.2. The molecule has 8 heteroatoms. The molecule has 1 amide bonds. The Bertz CT molecular complexity index is 992. The van der Waals surface area contributed by atoms with Gasteiger partial charge in [0.1, 0.15) is 0 Å². The Kier molecular flexibility index (Phi) is 9.39. The molecule has 0 saturated carbocycles. The lowest BCUT2D eigenvalue weighted by Gasteiger charge is -2.29. The van der Waals surface area contributed by atoms with E-state index in [0.717, 1.165) is 30.0 Å². The van der Waals surface area contributed by atoms with Crippen LogP contribution in [-0.2, 0) is 4.79 Å². The number of carbonyl (C=O) groups is 1. The van der Waals surface area contributed by atoms with Gasteiger partial charge in [-0.15, -0.1) is 0 Å². The number of hydrogen-bond donors (Lipinski definition) is 2. The molecule has 0 spiro atoms. The Balaban J connectivity index is 2.15. The van der Waals surface area contributed by atoms with Crippen LogP contribution in [0.2, 0.25) is 0 Å². The van der Waals surface area contributed by atoms with E-state index < -0.39 is 4.92 Å². The summed E-state index contributed by atoms with van der Waals surface area (Å²) < 4.78 is 0. The molecule has 2 rings (SSSR count). The Morgan fingerprint density at radius 3 is 2.30 bits per heavy atom. The minimum atomic E-state index is -0.428. The van der Waals surface area contributed by atoms with E-state index in [1.54, 1.807) is 6.07 Å². The standard InChI is InChI=1S/C25H35N5O3/c1-17(2)15-29(16-18(3)4)24-10-9-23(30(32)33)12-21(24)13-27-28-25(31)14-26-22-8-7-19(5)20(6)11-22/h7-13,17-18,26H,14-16H2,1-6H3,(H,28,31). The summed E-state index contributed by atoms with van der Waals surface area (Å²) in [5.74, 6) is 0.525. The van der Waals surface area contributed by atoms with Crippen molar-refractivity contribution in [2.75, 3.05) is 29.9 Å². The molecule has 0 bridgehead atoms. The maximum atomic E-state index is 12.2. The number of amides is 1. The molecule has 33 heavy (non-hydrogen) atoms. The molecular weight excluding hydrogens is 418 g/mol. The molecule has 0 unspecified atom stereocenters. The number of hydrazone groups is 1. The van der Waals surface area contributed by atoms with Crippen LogP contribution in [0.4, 0.5) is 17.1 Å². The third-order valence-electron chi connectivity index (χ3n) is 5.09. The van der Waals surface area contributed by atoms with Gasteiger partial charge in [0, 0.05) is 42.2 Å². The van der Waals surface area contributed by atoms with Crippen LogP contribution in [0.25, 0.3) is 0 Å². The van der Waals surface area contributed by atoms with Gasteiger partial charge in [0.15, 0.2) is 0 Å². The van der Waals surface area contributed by atoms with Crippen molar-refractivity contribution in [1.29, 1.82) is 0 Å². The average Bonchev–Trinajstić information content (AvgIpc) is 2.73. The molecular formula is C25H35N5O3. The Morgan fingerprint density at radius 2 is 1.73 bits per heavy atom. The lowest BCUT2D eigenvalue weighted by atomic mass is 10.1. The molecule has 0 aliphatic carbocycles. The van der Waals surface area contributed by atoms with Crippen molar-refractivity contribution in [3.05, 3.63) is 63.2 Å². The van der Waals surface area contributed by atoms with Crippen LogP contribution in [0.15, 0.2) is 41.5 Å². The number of nitrogens with zero attached hydrogens (tertiary/aromatic N) is 3. The van der Waals surface area contributed by atoms with E-state index in [2.05, 4.69) is 48.4 Å². The monoisotopic (exact) mass is 453 g/mol. The van der Waals surface area contributed by atoms with Crippen molar-refractivity contribution in [2.45, 2.75) is 41.5 Å². The average molecular weight is 454 g/mol. The number of benzene rings is 2. The summed E-state index contributed by atoms with van der Waals surface area (Å²) in [5.41, 5.74) is 7.12. The quantitative estimate of drug-likeness (QED) is 0.287. The van der Waals surface area contributed by atoms with E-state index in [4.69, 9.17) is 0 Å². The van der Waals surface area contributed by atoms with Gasteiger partial charge in [-0.1, -0.05) is 33.8 Å². The smallest absolute Gasteiger partial charge is 0.270 e. The summed E-state index contributed by atoms with van der Waals surface area (Å²) in [6.07, 6.45) is 1.48. The molecule has 0 radical (unpaired) electrons. The van der Waals surface area contributed by atoms with E-state index in [0.29, 0.717) is 17.4 Å². The van der Waals surface area contributed by atoms with Gasteiger partial charge in [0.2, 0.25) is 0 Å². The highest BCUT2D eigenvalue weighted by Crippen LogP contribution is 2.26. The zero-order valence-corrected chi connectivity index (χ0v) is 20.4. The topological polar surface area (TPSA) is 99.9 Å². The van der Waals surface area contributed by atoms with Crippen LogP contribution < -0.4 is 15.6 Å². The number of nitro benzene ring substituents is 1. The Hall–Kier alpha value is -3.42. The summed E-state index contributed by atoms with van der Waals surface area (Å²) in [6, 6.07) is 10.7. The number of nitro groups is 1. The molecule has 0 atom stereocenters. The summed E-state index contributed by atoms with van der Waals surface area (Å²) in [5, 5.41) is 18.5. The number of anilines is 2. The van der Waals surface area contributed by atoms with Crippen LogP contribution in [-0.4, -0.2) is 36.7 Å². The second kappa shape index (κ2) is 12.0. The number of aryl methyl sites for hydroxylation is 2. The Labute approximate surface area is 196 Å². The van der Waals surface area contributed by atoms with Crippen LogP contribution in [0, 0.1) is 35.8 Å². The van der Waals surface area contributed by atoms with Crippen LogP contribution in [0.1, 0.15) is 44.4 Å². The SMILES string of the molecule is Cc1ccc(NCC(=O)NN=Cc2cc([N+](=O)[O-])ccc2N(CC(C)C)CC(C)C)cc1C. The Morgan fingerprint density at radius 1 is 1.06 bits per heavy atom. The van der Waals surface area contributed by atoms with E-state index in [1.165, 1.54) is 23.9 Å². The highest BCUT2D eigenvalue weighted by molar-refractivity contribution is 5.90. The third kappa shape index (κ3) is 8.21. The first-order valence-corrected chi connectivity index (χ1v) is 11.2. The summed E-state index contributed by atoms with van der Waals surface area (Å²) >= 11 is 0. The maximum absolute atomic E-state index is 12.2. The number of non-ortho nitro benzene ring substituents is 1.